The van der Waals surface area contributed by atoms with E-state index in [1.54, 1.807) is 42.5 Å². The van der Waals surface area contributed by atoms with Gasteiger partial charge in [-0.15, -0.1) is 5.10 Å². The van der Waals surface area contributed by atoms with Crippen molar-refractivity contribution in [2.45, 2.75) is 5.16 Å². The van der Waals surface area contributed by atoms with E-state index < -0.39 is 5.82 Å². The van der Waals surface area contributed by atoms with Gasteiger partial charge in [0.25, 0.3) is 0 Å². The van der Waals surface area contributed by atoms with Crippen LogP contribution in [-0.2, 0) is 4.79 Å². The van der Waals surface area contributed by atoms with Crippen LogP contribution >= 0.6 is 23.4 Å². The Morgan fingerprint density at radius 3 is 2.71 bits per heavy atom. The van der Waals surface area contributed by atoms with Crippen LogP contribution in [0.5, 0.6) is 0 Å². The van der Waals surface area contributed by atoms with Crippen LogP contribution < -0.4 is 5.32 Å². The number of carbonyl (C=O) groups excluding carboxylic acids is 1. The highest BCUT2D eigenvalue weighted by molar-refractivity contribution is 7.99. The number of nitrogens with one attached hydrogen (secondary N) is 1. The van der Waals surface area contributed by atoms with Gasteiger partial charge in [0.2, 0.25) is 11.1 Å². The predicted molar refractivity (Wildman–Crippen MR) is 89.9 cm³/mol. The van der Waals surface area contributed by atoms with Crippen LogP contribution in [0.4, 0.5) is 10.1 Å². The SMILES string of the molecule is O=C(CSc1nnnn1-c1ccccc1F)Nc1ccc(Cl)cc1. The molecule has 0 saturated heterocycles. The molecule has 122 valence electrons. The molecule has 0 spiro atoms. The maximum Gasteiger partial charge on any atom is 0.234 e. The number of tetrazole rings is 1. The Kier molecular flexibility index (Phi) is 5.07. The Labute approximate surface area is 146 Å². The van der Waals surface area contributed by atoms with Gasteiger partial charge in [0, 0.05) is 10.7 Å². The van der Waals surface area contributed by atoms with Gasteiger partial charge in [0.05, 0.1) is 5.75 Å². The fraction of sp³-hybridized carbons (Fsp3) is 0.0667. The van der Waals surface area contributed by atoms with Gasteiger partial charge in [-0.1, -0.05) is 35.5 Å². The Morgan fingerprint density at radius 1 is 1.21 bits per heavy atom. The van der Waals surface area contributed by atoms with E-state index in [9.17, 15) is 9.18 Å². The van der Waals surface area contributed by atoms with Crippen molar-refractivity contribution >= 4 is 35.0 Å². The molecule has 1 aromatic heterocycles. The summed E-state index contributed by atoms with van der Waals surface area (Å²) in [5.74, 6) is -0.597. The van der Waals surface area contributed by atoms with Crippen molar-refractivity contribution in [2.24, 2.45) is 0 Å². The molecule has 3 aromatic rings. The molecule has 0 atom stereocenters. The van der Waals surface area contributed by atoms with E-state index in [0.717, 1.165) is 11.8 Å². The second-order valence-electron chi connectivity index (χ2n) is 4.67. The molecule has 0 radical (unpaired) electrons. The number of hydrogen-bond acceptors (Lipinski definition) is 5. The van der Waals surface area contributed by atoms with Crippen LogP contribution in [0.1, 0.15) is 0 Å². The Bertz CT molecular complexity index is 855. The zero-order valence-corrected chi connectivity index (χ0v) is 13.8. The summed E-state index contributed by atoms with van der Waals surface area (Å²) in [6, 6.07) is 12.9. The quantitative estimate of drug-likeness (QED) is 0.705. The third-order valence-corrected chi connectivity index (χ3v) is 4.15. The first-order chi connectivity index (χ1) is 11.6. The monoisotopic (exact) mass is 363 g/mol. The molecule has 0 saturated carbocycles. The molecule has 1 N–H and O–H groups in total. The molecule has 6 nitrogen and oxygen atoms in total. The summed E-state index contributed by atoms with van der Waals surface area (Å²) in [6.45, 7) is 0. The third kappa shape index (κ3) is 3.90. The fourth-order valence-electron chi connectivity index (χ4n) is 1.90. The molecule has 3 rings (SSSR count). The highest BCUT2D eigenvalue weighted by Crippen LogP contribution is 2.20. The number of hydrogen-bond donors (Lipinski definition) is 1. The average Bonchev–Trinajstić information content (AvgIpc) is 3.04. The van der Waals surface area contributed by atoms with Crippen molar-refractivity contribution < 1.29 is 9.18 Å². The lowest BCUT2D eigenvalue weighted by Crippen LogP contribution is -2.14. The lowest BCUT2D eigenvalue weighted by Gasteiger charge is -2.06. The molecule has 24 heavy (non-hydrogen) atoms. The van der Waals surface area contributed by atoms with Gasteiger partial charge in [-0.2, -0.15) is 4.68 Å². The topological polar surface area (TPSA) is 72.7 Å². The number of rotatable bonds is 5. The largest absolute Gasteiger partial charge is 0.325 e. The molecule has 0 unspecified atom stereocenters. The first-order valence-corrected chi connectivity index (χ1v) is 8.21. The highest BCUT2D eigenvalue weighted by atomic mass is 35.5. The van der Waals surface area contributed by atoms with Crippen LogP contribution in [0.2, 0.25) is 5.02 Å². The number of benzene rings is 2. The lowest BCUT2D eigenvalue weighted by molar-refractivity contribution is -0.113. The number of carbonyl (C=O) groups is 1. The number of nitrogens with zero attached hydrogens (tertiary/aromatic N) is 4. The minimum absolute atomic E-state index is 0.0808. The first-order valence-electron chi connectivity index (χ1n) is 6.85. The van der Waals surface area contributed by atoms with Gasteiger partial charge in [-0.05, 0) is 46.8 Å². The summed E-state index contributed by atoms with van der Waals surface area (Å²) in [5.41, 5.74) is 0.863. The molecular formula is C15H11ClFN5OS. The summed E-state index contributed by atoms with van der Waals surface area (Å²) in [7, 11) is 0. The molecule has 1 amide bonds. The number of amides is 1. The Balaban J connectivity index is 1.65. The summed E-state index contributed by atoms with van der Waals surface area (Å²) < 4.78 is 15.1. The van der Waals surface area contributed by atoms with Crippen LogP contribution in [0.3, 0.4) is 0 Å². The van der Waals surface area contributed by atoms with Gasteiger partial charge >= 0.3 is 0 Å². The van der Waals surface area contributed by atoms with Gasteiger partial charge in [-0.3, -0.25) is 4.79 Å². The fourth-order valence-corrected chi connectivity index (χ4v) is 2.71. The van der Waals surface area contributed by atoms with Crippen molar-refractivity contribution in [1.29, 1.82) is 0 Å². The van der Waals surface area contributed by atoms with Crippen molar-refractivity contribution in [3.05, 3.63) is 59.4 Å². The standard InChI is InChI=1S/C15H11ClFN5OS/c16-10-5-7-11(8-6-10)18-14(23)9-24-15-19-20-21-22(15)13-4-2-1-3-12(13)17/h1-8H,9H2,(H,18,23). The third-order valence-electron chi connectivity index (χ3n) is 2.98. The van der Waals surface area contributed by atoms with Gasteiger partial charge in [0.1, 0.15) is 11.5 Å². The van der Waals surface area contributed by atoms with E-state index in [-0.39, 0.29) is 17.3 Å². The van der Waals surface area contributed by atoms with E-state index in [1.165, 1.54) is 10.7 Å². The van der Waals surface area contributed by atoms with E-state index >= 15 is 0 Å². The predicted octanol–water partition coefficient (Wildman–Crippen LogP) is 3.19. The molecule has 0 aliphatic rings. The summed E-state index contributed by atoms with van der Waals surface area (Å²) >= 11 is 6.90. The van der Waals surface area contributed by atoms with Crippen LogP contribution in [0.25, 0.3) is 5.69 Å². The summed E-state index contributed by atoms with van der Waals surface area (Å²) in [4.78, 5) is 12.0. The molecule has 0 aliphatic carbocycles. The van der Waals surface area contributed by atoms with Crippen LogP contribution in [-0.4, -0.2) is 31.9 Å². The maximum absolute atomic E-state index is 13.8. The number of halogens is 2. The Hall–Kier alpha value is -2.45. The molecule has 0 aliphatic heterocycles. The van der Waals surface area contributed by atoms with Crippen LogP contribution in [0.15, 0.2) is 53.7 Å². The Morgan fingerprint density at radius 2 is 1.96 bits per heavy atom. The minimum atomic E-state index is -0.447. The molecule has 9 heteroatoms. The second kappa shape index (κ2) is 7.41. The normalized spacial score (nSPS) is 10.6. The number of aromatic nitrogens is 4. The van der Waals surface area contributed by atoms with Crippen LogP contribution in [0, 0.1) is 5.82 Å². The van der Waals surface area contributed by atoms with Crippen molar-refractivity contribution in [3.63, 3.8) is 0 Å². The van der Waals surface area contributed by atoms with Gasteiger partial charge in [-0.25, -0.2) is 4.39 Å². The maximum atomic E-state index is 13.8. The molecule has 0 fully saturated rings. The molecule has 1 heterocycles. The first kappa shape index (κ1) is 16.4. The average molecular weight is 364 g/mol. The minimum Gasteiger partial charge on any atom is -0.325 e. The lowest BCUT2D eigenvalue weighted by atomic mass is 10.3. The molecule has 2 aromatic carbocycles. The molecule has 0 bridgehead atoms. The van der Waals surface area contributed by atoms with Gasteiger partial charge in [0.15, 0.2) is 0 Å². The number of thioether (sulfide) groups is 1. The zero-order valence-electron chi connectivity index (χ0n) is 12.2. The second-order valence-corrected chi connectivity index (χ2v) is 6.05. The van der Waals surface area contributed by atoms with E-state index in [0.29, 0.717) is 15.9 Å². The number of anilines is 1. The number of para-hydroxylation sites is 1. The van der Waals surface area contributed by atoms with Crippen molar-refractivity contribution in [2.75, 3.05) is 11.1 Å². The van der Waals surface area contributed by atoms with Gasteiger partial charge < -0.3 is 5.32 Å². The smallest absolute Gasteiger partial charge is 0.234 e. The van der Waals surface area contributed by atoms with E-state index in [2.05, 4.69) is 20.8 Å². The van der Waals surface area contributed by atoms with E-state index in [4.69, 9.17) is 11.6 Å². The summed E-state index contributed by atoms with van der Waals surface area (Å²) in [5, 5.41) is 14.8. The highest BCUT2D eigenvalue weighted by Gasteiger charge is 2.14. The zero-order chi connectivity index (χ0) is 16.9. The van der Waals surface area contributed by atoms with E-state index in [1.807, 2.05) is 0 Å². The van der Waals surface area contributed by atoms with Crippen molar-refractivity contribution in [1.82, 2.24) is 20.2 Å². The van der Waals surface area contributed by atoms with Crippen molar-refractivity contribution in [3.8, 4) is 5.69 Å². The molecular weight excluding hydrogens is 353 g/mol. The summed E-state index contributed by atoms with van der Waals surface area (Å²) in [6.07, 6.45) is 0.